The van der Waals surface area contributed by atoms with Crippen LogP contribution in [0.2, 0.25) is 0 Å². The Balaban J connectivity index is 2.36. The molecule has 1 atom stereocenters. The highest BCUT2D eigenvalue weighted by Gasteiger charge is 2.10. The third-order valence-corrected chi connectivity index (χ3v) is 3.96. The lowest BCUT2D eigenvalue weighted by Crippen LogP contribution is -2.10. The molecule has 0 aromatic carbocycles. The molecule has 0 radical (unpaired) electrons. The average Bonchev–Trinajstić information content (AvgIpc) is 2.72. The highest BCUT2D eigenvalue weighted by molar-refractivity contribution is 7.10. The van der Waals surface area contributed by atoms with Crippen LogP contribution in [-0.2, 0) is 6.42 Å². The summed E-state index contributed by atoms with van der Waals surface area (Å²) in [6.07, 6.45) is 7.51. The first-order chi connectivity index (χ1) is 7.29. The van der Waals surface area contributed by atoms with Gasteiger partial charge in [0.25, 0.3) is 0 Å². The molecule has 2 heteroatoms. The van der Waals surface area contributed by atoms with Gasteiger partial charge in [-0.1, -0.05) is 39.5 Å². The Morgan fingerprint density at radius 3 is 2.73 bits per heavy atom. The fourth-order valence-corrected chi connectivity index (χ4v) is 2.92. The quantitative estimate of drug-likeness (QED) is 0.689. The highest BCUT2D eigenvalue weighted by Crippen LogP contribution is 2.26. The molecule has 1 rings (SSSR count). The van der Waals surface area contributed by atoms with Crippen molar-refractivity contribution in [3.8, 4) is 0 Å². The van der Waals surface area contributed by atoms with Gasteiger partial charge in [-0.3, -0.25) is 0 Å². The molecule has 0 spiro atoms. The minimum absolute atomic E-state index is 0.275. The van der Waals surface area contributed by atoms with Gasteiger partial charge in [-0.25, -0.2) is 0 Å². The number of rotatable bonds is 7. The van der Waals surface area contributed by atoms with Crippen LogP contribution in [0, 0.1) is 0 Å². The number of hydrogen-bond donors (Lipinski definition) is 1. The van der Waals surface area contributed by atoms with Crippen LogP contribution >= 0.6 is 11.3 Å². The van der Waals surface area contributed by atoms with Crippen LogP contribution in [0.4, 0.5) is 0 Å². The lowest BCUT2D eigenvalue weighted by molar-refractivity contribution is 0.569. The lowest BCUT2D eigenvalue weighted by Gasteiger charge is -2.11. The topological polar surface area (TPSA) is 26.0 Å². The van der Waals surface area contributed by atoms with E-state index < -0.39 is 0 Å². The number of unbranched alkanes of at least 4 members (excludes halogenated alkanes) is 3. The Hall–Kier alpha value is -0.340. The standard InChI is InChI=1S/C13H23NS/c1-3-5-6-7-8-12(14)13-11(4-2)9-10-15-13/h9-10,12H,3-8,14H2,1-2H3. The predicted molar refractivity (Wildman–Crippen MR) is 69.4 cm³/mol. The normalized spacial score (nSPS) is 13.0. The van der Waals surface area contributed by atoms with Gasteiger partial charge < -0.3 is 5.73 Å². The van der Waals surface area contributed by atoms with E-state index in [4.69, 9.17) is 5.73 Å². The Morgan fingerprint density at radius 1 is 1.27 bits per heavy atom. The SMILES string of the molecule is CCCCCCC(N)c1sccc1CC. The molecule has 0 saturated carbocycles. The van der Waals surface area contributed by atoms with Crippen molar-refractivity contribution in [2.24, 2.45) is 5.73 Å². The summed E-state index contributed by atoms with van der Waals surface area (Å²) in [7, 11) is 0. The van der Waals surface area contributed by atoms with Crippen molar-refractivity contribution in [1.29, 1.82) is 0 Å². The number of hydrogen-bond acceptors (Lipinski definition) is 2. The second-order valence-corrected chi connectivity index (χ2v) is 5.07. The first-order valence-corrected chi connectivity index (χ1v) is 6.99. The van der Waals surface area contributed by atoms with Gasteiger partial charge in [0.15, 0.2) is 0 Å². The summed E-state index contributed by atoms with van der Waals surface area (Å²) in [5.74, 6) is 0. The molecular formula is C13H23NS. The van der Waals surface area contributed by atoms with Crippen molar-refractivity contribution >= 4 is 11.3 Å². The number of aryl methyl sites for hydroxylation is 1. The molecule has 1 aromatic heterocycles. The van der Waals surface area contributed by atoms with Crippen molar-refractivity contribution in [1.82, 2.24) is 0 Å². The van der Waals surface area contributed by atoms with E-state index in [1.165, 1.54) is 36.1 Å². The summed E-state index contributed by atoms with van der Waals surface area (Å²) in [5, 5.41) is 2.17. The molecule has 1 nitrogen and oxygen atoms in total. The molecule has 1 unspecified atom stereocenters. The van der Waals surface area contributed by atoms with Crippen LogP contribution < -0.4 is 5.73 Å². The van der Waals surface area contributed by atoms with Gasteiger partial charge in [0.1, 0.15) is 0 Å². The lowest BCUT2D eigenvalue weighted by atomic mass is 10.0. The van der Waals surface area contributed by atoms with E-state index in [-0.39, 0.29) is 6.04 Å². The van der Waals surface area contributed by atoms with E-state index in [9.17, 15) is 0 Å². The molecule has 0 aliphatic carbocycles. The predicted octanol–water partition coefficient (Wildman–Crippen LogP) is 4.28. The number of thiophene rings is 1. The van der Waals surface area contributed by atoms with Crippen molar-refractivity contribution in [3.05, 3.63) is 21.9 Å². The Labute approximate surface area is 97.7 Å². The second-order valence-electron chi connectivity index (χ2n) is 4.12. The Morgan fingerprint density at radius 2 is 2.07 bits per heavy atom. The van der Waals surface area contributed by atoms with Gasteiger partial charge in [-0.05, 0) is 29.9 Å². The minimum Gasteiger partial charge on any atom is -0.323 e. The zero-order chi connectivity index (χ0) is 11.1. The Bertz CT molecular complexity index is 267. The van der Waals surface area contributed by atoms with Crippen molar-refractivity contribution in [3.63, 3.8) is 0 Å². The van der Waals surface area contributed by atoms with Crippen LogP contribution in [0.1, 0.15) is 62.4 Å². The van der Waals surface area contributed by atoms with Gasteiger partial charge >= 0.3 is 0 Å². The zero-order valence-corrected chi connectivity index (χ0v) is 10.8. The summed E-state index contributed by atoms with van der Waals surface area (Å²) in [6.45, 7) is 4.45. The summed E-state index contributed by atoms with van der Waals surface area (Å²) < 4.78 is 0. The second kappa shape index (κ2) is 7.02. The van der Waals surface area contributed by atoms with Crippen LogP contribution in [0.3, 0.4) is 0 Å². The first kappa shape index (κ1) is 12.7. The molecule has 86 valence electrons. The van der Waals surface area contributed by atoms with Crippen molar-refractivity contribution in [2.45, 2.75) is 58.4 Å². The molecular weight excluding hydrogens is 202 g/mol. The third-order valence-electron chi connectivity index (χ3n) is 2.87. The maximum absolute atomic E-state index is 6.21. The molecule has 1 aromatic rings. The maximum Gasteiger partial charge on any atom is 0.0392 e. The number of nitrogens with two attached hydrogens (primary N) is 1. The molecule has 0 fully saturated rings. The summed E-state index contributed by atoms with van der Waals surface area (Å²) >= 11 is 1.82. The molecule has 1 heterocycles. The van der Waals surface area contributed by atoms with Crippen LogP contribution in [-0.4, -0.2) is 0 Å². The van der Waals surface area contributed by atoms with E-state index in [0.717, 1.165) is 12.8 Å². The minimum atomic E-state index is 0.275. The molecule has 2 N–H and O–H groups in total. The van der Waals surface area contributed by atoms with Crippen LogP contribution in [0.15, 0.2) is 11.4 Å². The third kappa shape index (κ3) is 3.96. The summed E-state index contributed by atoms with van der Waals surface area (Å²) in [4.78, 5) is 1.41. The average molecular weight is 225 g/mol. The van der Waals surface area contributed by atoms with E-state index in [2.05, 4.69) is 25.3 Å². The van der Waals surface area contributed by atoms with Gasteiger partial charge in [0.2, 0.25) is 0 Å². The summed E-state index contributed by atoms with van der Waals surface area (Å²) in [5.41, 5.74) is 7.66. The van der Waals surface area contributed by atoms with Crippen LogP contribution in [0.5, 0.6) is 0 Å². The van der Waals surface area contributed by atoms with E-state index in [1.807, 2.05) is 11.3 Å². The van der Waals surface area contributed by atoms with Crippen LogP contribution in [0.25, 0.3) is 0 Å². The molecule has 0 bridgehead atoms. The largest absolute Gasteiger partial charge is 0.323 e. The molecule has 0 amide bonds. The van der Waals surface area contributed by atoms with Gasteiger partial charge in [-0.2, -0.15) is 0 Å². The van der Waals surface area contributed by atoms with Gasteiger partial charge in [-0.15, -0.1) is 11.3 Å². The molecule has 0 saturated heterocycles. The highest BCUT2D eigenvalue weighted by atomic mass is 32.1. The molecule has 0 aliphatic heterocycles. The van der Waals surface area contributed by atoms with Crippen molar-refractivity contribution in [2.75, 3.05) is 0 Å². The van der Waals surface area contributed by atoms with Crippen molar-refractivity contribution < 1.29 is 0 Å². The molecule has 0 aliphatic rings. The fraction of sp³-hybridized carbons (Fsp3) is 0.692. The maximum atomic E-state index is 6.21. The fourth-order valence-electron chi connectivity index (χ4n) is 1.89. The van der Waals surface area contributed by atoms with Gasteiger partial charge in [0, 0.05) is 10.9 Å². The monoisotopic (exact) mass is 225 g/mol. The zero-order valence-electron chi connectivity index (χ0n) is 9.96. The smallest absolute Gasteiger partial charge is 0.0392 e. The Kier molecular flexibility index (Phi) is 5.96. The summed E-state index contributed by atoms with van der Waals surface area (Å²) in [6, 6.07) is 2.49. The van der Waals surface area contributed by atoms with E-state index in [0.29, 0.717) is 0 Å². The molecule has 15 heavy (non-hydrogen) atoms. The van der Waals surface area contributed by atoms with E-state index >= 15 is 0 Å². The van der Waals surface area contributed by atoms with Gasteiger partial charge in [0.05, 0.1) is 0 Å². The van der Waals surface area contributed by atoms with E-state index in [1.54, 1.807) is 0 Å². The first-order valence-electron chi connectivity index (χ1n) is 6.11.